The summed E-state index contributed by atoms with van der Waals surface area (Å²) in [6, 6.07) is 7.86. The molecule has 0 heterocycles. The third kappa shape index (κ3) is 4.50. The van der Waals surface area contributed by atoms with E-state index < -0.39 is 0 Å². The second-order valence-electron chi connectivity index (χ2n) is 3.96. The Labute approximate surface area is 106 Å². The van der Waals surface area contributed by atoms with Crippen LogP contribution in [0, 0.1) is 0 Å². The van der Waals surface area contributed by atoms with Crippen molar-refractivity contribution in [2.24, 2.45) is 0 Å². The monoisotopic (exact) mass is 282 g/mol. The molecule has 0 aliphatic rings. The van der Waals surface area contributed by atoms with Crippen molar-refractivity contribution < 1.29 is 5.11 Å². The second kappa shape index (κ2) is 7.64. The molecule has 0 amide bonds. The number of halogens is 1. The number of aliphatic hydroxyl groups excluding tert-OH is 1. The molecular weight excluding hydrogens is 264 g/mol. The van der Waals surface area contributed by atoms with Crippen LogP contribution < -0.4 is 0 Å². The van der Waals surface area contributed by atoms with Crippen molar-refractivity contribution >= 4 is 15.9 Å². The summed E-state index contributed by atoms with van der Waals surface area (Å²) in [6.45, 7) is 3.70. The van der Waals surface area contributed by atoms with Crippen molar-refractivity contribution in [2.45, 2.75) is 38.2 Å². The Morgan fingerprint density at radius 1 is 1.25 bits per heavy atom. The molecule has 1 rings (SSSR count). The molecule has 0 saturated heterocycles. The van der Waals surface area contributed by atoms with Gasteiger partial charge in [-0.25, -0.2) is 0 Å². The van der Waals surface area contributed by atoms with Crippen LogP contribution in [0.25, 0.3) is 0 Å². The number of aliphatic hydroxyl groups is 1. The number of allylic oxidation sites excluding steroid dienone is 1. The predicted molar refractivity (Wildman–Crippen MR) is 72.4 cm³/mol. The van der Waals surface area contributed by atoms with E-state index in [1.54, 1.807) is 0 Å². The summed E-state index contributed by atoms with van der Waals surface area (Å²) >= 11 is 3.46. The number of hydrogen-bond acceptors (Lipinski definition) is 1. The Balaban J connectivity index is 2.32. The number of hydrogen-bond donors (Lipinski definition) is 1. The molecule has 1 N–H and O–H groups in total. The molecule has 0 fully saturated rings. The van der Waals surface area contributed by atoms with Gasteiger partial charge < -0.3 is 5.11 Å². The van der Waals surface area contributed by atoms with E-state index in [9.17, 15) is 5.11 Å². The Bertz CT molecular complexity index is 322. The Hall–Kier alpha value is -0.600. The lowest BCUT2D eigenvalue weighted by Gasteiger charge is -2.12. The highest BCUT2D eigenvalue weighted by Crippen LogP contribution is 2.26. The first-order valence-corrected chi connectivity index (χ1v) is 6.58. The van der Waals surface area contributed by atoms with Crippen LogP contribution in [0.4, 0.5) is 0 Å². The zero-order valence-corrected chi connectivity index (χ0v) is 11.1. The van der Waals surface area contributed by atoms with E-state index in [1.165, 1.54) is 6.42 Å². The molecule has 0 aromatic heterocycles. The Morgan fingerprint density at radius 2 is 2.00 bits per heavy atom. The molecule has 0 aliphatic carbocycles. The summed E-state index contributed by atoms with van der Waals surface area (Å²) in [4.78, 5) is 0. The minimum Gasteiger partial charge on any atom is -0.388 e. The fourth-order valence-corrected chi connectivity index (χ4v) is 2.25. The normalized spacial score (nSPS) is 12.4. The SMILES string of the molecule is C=CCCCCCC(O)c1ccccc1Br. The van der Waals surface area contributed by atoms with Crippen molar-refractivity contribution in [1.82, 2.24) is 0 Å². The quantitative estimate of drug-likeness (QED) is 0.572. The van der Waals surface area contributed by atoms with Gasteiger partial charge in [-0.2, -0.15) is 0 Å². The van der Waals surface area contributed by atoms with Gasteiger partial charge in [-0.15, -0.1) is 6.58 Å². The van der Waals surface area contributed by atoms with Gasteiger partial charge in [0.05, 0.1) is 6.10 Å². The molecule has 0 spiro atoms. The van der Waals surface area contributed by atoms with E-state index in [2.05, 4.69) is 22.5 Å². The number of benzene rings is 1. The van der Waals surface area contributed by atoms with Crippen LogP contribution in [0.1, 0.15) is 43.8 Å². The topological polar surface area (TPSA) is 20.2 Å². The minimum absolute atomic E-state index is 0.348. The summed E-state index contributed by atoms with van der Waals surface area (Å²) < 4.78 is 0.994. The third-order valence-corrected chi connectivity index (χ3v) is 3.37. The van der Waals surface area contributed by atoms with E-state index >= 15 is 0 Å². The first-order valence-electron chi connectivity index (χ1n) is 5.79. The van der Waals surface area contributed by atoms with Gasteiger partial charge in [0.2, 0.25) is 0 Å². The standard InChI is InChI=1S/C14H19BrO/c1-2-3-4-5-6-11-14(16)12-9-7-8-10-13(12)15/h2,7-10,14,16H,1,3-6,11H2. The zero-order valence-electron chi connectivity index (χ0n) is 9.53. The highest BCUT2D eigenvalue weighted by atomic mass is 79.9. The Kier molecular flexibility index (Phi) is 6.43. The maximum Gasteiger partial charge on any atom is 0.0800 e. The van der Waals surface area contributed by atoms with Gasteiger partial charge in [-0.3, -0.25) is 0 Å². The minimum atomic E-state index is -0.348. The van der Waals surface area contributed by atoms with E-state index in [-0.39, 0.29) is 6.10 Å². The lowest BCUT2D eigenvalue weighted by Crippen LogP contribution is -1.98. The van der Waals surface area contributed by atoms with Crippen LogP contribution in [-0.2, 0) is 0 Å². The van der Waals surface area contributed by atoms with Crippen LogP contribution in [0.15, 0.2) is 41.4 Å². The average molecular weight is 283 g/mol. The van der Waals surface area contributed by atoms with Crippen molar-refractivity contribution in [2.75, 3.05) is 0 Å². The molecule has 1 unspecified atom stereocenters. The molecular formula is C14H19BrO. The van der Waals surface area contributed by atoms with Gasteiger partial charge >= 0.3 is 0 Å². The first-order chi connectivity index (χ1) is 7.75. The maximum atomic E-state index is 10.0. The Morgan fingerprint density at radius 3 is 2.69 bits per heavy atom. The van der Waals surface area contributed by atoms with E-state index in [0.29, 0.717) is 0 Å². The van der Waals surface area contributed by atoms with Crippen LogP contribution in [0.5, 0.6) is 0 Å². The summed E-state index contributed by atoms with van der Waals surface area (Å²) in [5.74, 6) is 0. The molecule has 88 valence electrons. The molecule has 16 heavy (non-hydrogen) atoms. The van der Waals surface area contributed by atoms with Crippen molar-refractivity contribution in [3.63, 3.8) is 0 Å². The molecule has 0 radical (unpaired) electrons. The van der Waals surface area contributed by atoms with Gasteiger partial charge in [0.1, 0.15) is 0 Å². The highest BCUT2D eigenvalue weighted by Gasteiger charge is 2.09. The number of rotatable bonds is 7. The van der Waals surface area contributed by atoms with Crippen LogP contribution >= 0.6 is 15.9 Å². The molecule has 1 atom stereocenters. The van der Waals surface area contributed by atoms with Crippen LogP contribution in [0.2, 0.25) is 0 Å². The predicted octanol–water partition coefficient (Wildman–Crippen LogP) is 4.62. The average Bonchev–Trinajstić information content (AvgIpc) is 2.29. The maximum absolute atomic E-state index is 10.0. The summed E-state index contributed by atoms with van der Waals surface area (Å²) in [6.07, 6.45) is 6.91. The van der Waals surface area contributed by atoms with E-state index in [0.717, 1.165) is 35.7 Å². The summed E-state index contributed by atoms with van der Waals surface area (Å²) in [5.41, 5.74) is 0.992. The highest BCUT2D eigenvalue weighted by molar-refractivity contribution is 9.10. The van der Waals surface area contributed by atoms with Crippen LogP contribution in [-0.4, -0.2) is 5.11 Å². The van der Waals surface area contributed by atoms with Crippen molar-refractivity contribution in [3.8, 4) is 0 Å². The van der Waals surface area contributed by atoms with E-state index in [1.807, 2.05) is 30.3 Å². The van der Waals surface area contributed by atoms with E-state index in [4.69, 9.17) is 0 Å². The third-order valence-electron chi connectivity index (χ3n) is 2.65. The summed E-state index contributed by atoms with van der Waals surface area (Å²) in [7, 11) is 0. The first kappa shape index (κ1) is 13.5. The largest absolute Gasteiger partial charge is 0.388 e. The lowest BCUT2D eigenvalue weighted by atomic mass is 10.0. The zero-order chi connectivity index (χ0) is 11.8. The molecule has 0 bridgehead atoms. The van der Waals surface area contributed by atoms with Gasteiger partial charge in [-0.05, 0) is 30.9 Å². The molecule has 1 aromatic carbocycles. The fourth-order valence-electron chi connectivity index (χ4n) is 1.70. The molecule has 0 saturated carbocycles. The van der Waals surface area contributed by atoms with Gasteiger partial charge in [-0.1, -0.05) is 53.0 Å². The molecule has 0 aliphatic heterocycles. The van der Waals surface area contributed by atoms with Crippen molar-refractivity contribution in [3.05, 3.63) is 47.0 Å². The van der Waals surface area contributed by atoms with Crippen LogP contribution in [0.3, 0.4) is 0 Å². The molecule has 1 aromatic rings. The lowest BCUT2D eigenvalue weighted by molar-refractivity contribution is 0.162. The molecule has 2 heteroatoms. The van der Waals surface area contributed by atoms with Gasteiger partial charge in [0.25, 0.3) is 0 Å². The van der Waals surface area contributed by atoms with Crippen molar-refractivity contribution in [1.29, 1.82) is 0 Å². The number of unbranched alkanes of at least 4 members (excludes halogenated alkanes) is 3. The van der Waals surface area contributed by atoms with Gasteiger partial charge in [0, 0.05) is 4.47 Å². The van der Waals surface area contributed by atoms with Gasteiger partial charge in [0.15, 0.2) is 0 Å². The summed E-state index contributed by atoms with van der Waals surface area (Å²) in [5, 5.41) is 10.0. The fraction of sp³-hybridized carbons (Fsp3) is 0.429. The molecule has 1 nitrogen and oxygen atoms in total. The second-order valence-corrected chi connectivity index (χ2v) is 4.82. The smallest absolute Gasteiger partial charge is 0.0800 e.